The molecule has 0 spiro atoms. The molecule has 1 unspecified atom stereocenters. The Labute approximate surface area is 237 Å². The monoisotopic (exact) mass is 593 g/mol. The summed E-state index contributed by atoms with van der Waals surface area (Å²) in [7, 11) is -3.63. The summed E-state index contributed by atoms with van der Waals surface area (Å²) >= 11 is 0. The van der Waals surface area contributed by atoms with Crippen molar-refractivity contribution in [3.63, 3.8) is 0 Å². The van der Waals surface area contributed by atoms with E-state index in [1.165, 1.54) is 42.5 Å². The summed E-state index contributed by atoms with van der Waals surface area (Å²) in [5, 5.41) is 25.9. The summed E-state index contributed by atoms with van der Waals surface area (Å²) in [6, 6.07) is 16.2. The molecule has 41 heavy (non-hydrogen) atoms. The molecular weight excluding hydrogens is 559 g/mol. The number of rotatable bonds is 12. The van der Waals surface area contributed by atoms with Gasteiger partial charge in [0.05, 0.1) is 24.5 Å². The number of nitrogens with one attached hydrogen (secondary N) is 3. The summed E-state index contributed by atoms with van der Waals surface area (Å²) in [4.78, 5) is 12.6. The molecule has 12 heteroatoms. The fourth-order valence-corrected chi connectivity index (χ4v) is 4.92. The molecule has 222 valence electrons. The molecule has 8 nitrogen and oxygen atoms in total. The van der Waals surface area contributed by atoms with Crippen LogP contribution in [0.1, 0.15) is 48.2 Å². The van der Waals surface area contributed by atoms with Crippen LogP contribution in [-0.2, 0) is 27.7 Å². The van der Waals surface area contributed by atoms with Crippen LogP contribution in [0.15, 0.2) is 72.8 Å². The zero-order valence-electron chi connectivity index (χ0n) is 22.9. The molecular formula is C29H34F3N3O5S. The van der Waals surface area contributed by atoms with Crippen LogP contribution in [0.4, 0.5) is 18.9 Å². The second-order valence-corrected chi connectivity index (χ2v) is 12.3. The highest BCUT2D eigenvalue weighted by Gasteiger charge is 2.41. The van der Waals surface area contributed by atoms with E-state index < -0.39 is 39.8 Å². The Balaban J connectivity index is 1.61. The Hall–Kier alpha value is -3.61. The number of alkyl halides is 3. The molecule has 0 radical (unpaired) electrons. The van der Waals surface area contributed by atoms with Gasteiger partial charge in [-0.05, 0) is 54.7 Å². The molecule has 3 rings (SSSR count). The summed E-state index contributed by atoms with van der Waals surface area (Å²) in [6.07, 6.45) is -4.47. The van der Waals surface area contributed by atoms with E-state index in [4.69, 9.17) is 0 Å². The number of halogens is 3. The molecule has 0 saturated carbocycles. The van der Waals surface area contributed by atoms with Gasteiger partial charge in [-0.1, -0.05) is 60.7 Å². The molecule has 0 fully saturated rings. The van der Waals surface area contributed by atoms with E-state index in [1.54, 1.807) is 24.3 Å². The largest absolute Gasteiger partial charge is 0.506 e. The highest BCUT2D eigenvalue weighted by molar-refractivity contribution is 7.92. The zero-order chi connectivity index (χ0) is 30.4. The predicted molar refractivity (Wildman–Crippen MR) is 151 cm³/mol. The number of phenols is 1. The first kappa shape index (κ1) is 31.9. The summed E-state index contributed by atoms with van der Waals surface area (Å²) in [5.74, 6) is -1.03. The average molecular weight is 594 g/mol. The van der Waals surface area contributed by atoms with Gasteiger partial charge in [-0.3, -0.25) is 9.52 Å². The second kappa shape index (κ2) is 12.9. The van der Waals surface area contributed by atoms with E-state index >= 15 is 0 Å². The first-order valence-corrected chi connectivity index (χ1v) is 14.6. The minimum atomic E-state index is -4.65. The van der Waals surface area contributed by atoms with Gasteiger partial charge in [0, 0.05) is 12.1 Å². The third-order valence-corrected chi connectivity index (χ3v) is 6.83. The lowest BCUT2D eigenvalue weighted by molar-refractivity contribution is -0.163. The summed E-state index contributed by atoms with van der Waals surface area (Å²) in [5.41, 5.74) is 1.14. The average Bonchev–Trinajstić information content (AvgIpc) is 2.86. The lowest BCUT2D eigenvalue weighted by Gasteiger charge is -2.28. The summed E-state index contributed by atoms with van der Waals surface area (Å²) in [6.45, 7) is 3.91. The predicted octanol–water partition coefficient (Wildman–Crippen LogP) is 4.37. The maximum Gasteiger partial charge on any atom is 0.412 e. The molecule has 0 bridgehead atoms. The van der Waals surface area contributed by atoms with Crippen molar-refractivity contribution < 1.29 is 36.6 Å². The van der Waals surface area contributed by atoms with Gasteiger partial charge in [0.25, 0.3) is 0 Å². The highest BCUT2D eigenvalue weighted by Crippen LogP contribution is 2.33. The third-order valence-electron chi connectivity index (χ3n) is 6.24. The molecule has 0 aliphatic heterocycles. The highest BCUT2D eigenvalue weighted by atomic mass is 32.2. The maximum absolute atomic E-state index is 13.6. The topological polar surface area (TPSA) is 128 Å². The van der Waals surface area contributed by atoms with Crippen molar-refractivity contribution in [1.29, 1.82) is 0 Å². The van der Waals surface area contributed by atoms with Crippen molar-refractivity contribution >= 4 is 21.6 Å². The molecule has 0 heterocycles. The molecule has 0 aromatic heterocycles. The number of amides is 1. The van der Waals surface area contributed by atoms with E-state index in [1.807, 2.05) is 19.9 Å². The van der Waals surface area contributed by atoms with Crippen LogP contribution in [0.2, 0.25) is 0 Å². The first-order chi connectivity index (χ1) is 19.0. The van der Waals surface area contributed by atoms with Crippen LogP contribution in [0.5, 0.6) is 5.75 Å². The van der Waals surface area contributed by atoms with Gasteiger partial charge in [-0.15, -0.1) is 0 Å². The molecule has 0 saturated heterocycles. The Morgan fingerprint density at radius 1 is 0.927 bits per heavy atom. The van der Waals surface area contributed by atoms with Crippen molar-refractivity contribution in [2.45, 2.75) is 50.6 Å². The number of aliphatic hydroxyl groups excluding tert-OH is 1. The number of β-amino-alcohol motifs (C(OH)–C–C–N with tert-alkyl or cyclic N) is 1. The smallest absolute Gasteiger partial charge is 0.412 e. The van der Waals surface area contributed by atoms with Crippen molar-refractivity contribution in [2.24, 2.45) is 0 Å². The number of anilines is 1. The van der Waals surface area contributed by atoms with Crippen LogP contribution in [0, 0.1) is 0 Å². The van der Waals surface area contributed by atoms with Gasteiger partial charge in [0.1, 0.15) is 5.75 Å². The SMILES string of the molecule is CC(C)(Cc1cccc(CC(=O)NC(c2ccccc2)C(F)(F)F)c1)NC[C@H](O)c1ccc(O)c(NS(C)(=O)=O)c1. The van der Waals surface area contributed by atoms with Gasteiger partial charge >= 0.3 is 6.18 Å². The van der Waals surface area contributed by atoms with Crippen LogP contribution in [-0.4, -0.2) is 49.1 Å². The second-order valence-electron chi connectivity index (χ2n) is 10.6. The fourth-order valence-electron chi connectivity index (χ4n) is 4.35. The number of hydrogen-bond donors (Lipinski definition) is 5. The Kier molecular flexibility index (Phi) is 10.1. The fraction of sp³-hybridized carbons (Fsp3) is 0.345. The summed E-state index contributed by atoms with van der Waals surface area (Å²) < 4.78 is 66.1. The number of hydrogen-bond acceptors (Lipinski definition) is 6. The number of carbonyl (C=O) groups excluding carboxylic acids is 1. The van der Waals surface area contributed by atoms with Gasteiger partial charge in [0.2, 0.25) is 15.9 Å². The van der Waals surface area contributed by atoms with Gasteiger partial charge < -0.3 is 20.8 Å². The minimum absolute atomic E-state index is 0.0468. The van der Waals surface area contributed by atoms with E-state index in [-0.39, 0.29) is 30.0 Å². The molecule has 0 aliphatic rings. The molecule has 3 aromatic carbocycles. The van der Waals surface area contributed by atoms with Crippen molar-refractivity contribution in [1.82, 2.24) is 10.6 Å². The maximum atomic E-state index is 13.6. The zero-order valence-corrected chi connectivity index (χ0v) is 23.7. The Morgan fingerprint density at radius 2 is 1.59 bits per heavy atom. The lowest BCUT2D eigenvalue weighted by atomic mass is 9.93. The molecule has 5 N–H and O–H groups in total. The van der Waals surface area contributed by atoms with E-state index in [0.717, 1.165) is 11.8 Å². The molecule has 0 aliphatic carbocycles. The molecule has 2 atom stereocenters. The van der Waals surface area contributed by atoms with Crippen LogP contribution >= 0.6 is 0 Å². The Bertz CT molecular complexity index is 1450. The van der Waals surface area contributed by atoms with Gasteiger partial charge in [0.15, 0.2) is 6.04 Å². The van der Waals surface area contributed by atoms with E-state index in [2.05, 4.69) is 15.4 Å². The van der Waals surface area contributed by atoms with Crippen LogP contribution in [0.25, 0.3) is 0 Å². The van der Waals surface area contributed by atoms with E-state index in [9.17, 15) is 36.6 Å². The number of aliphatic hydroxyl groups is 1. The molecule has 1 amide bonds. The van der Waals surface area contributed by atoms with Crippen molar-refractivity contribution in [2.75, 3.05) is 17.5 Å². The number of carbonyl (C=O) groups is 1. The molecule has 3 aromatic rings. The Morgan fingerprint density at radius 3 is 2.22 bits per heavy atom. The quantitative estimate of drug-likeness (QED) is 0.199. The number of benzene rings is 3. The minimum Gasteiger partial charge on any atom is -0.506 e. The van der Waals surface area contributed by atoms with Crippen molar-refractivity contribution in [3.8, 4) is 5.75 Å². The number of aromatic hydroxyl groups is 1. The van der Waals surface area contributed by atoms with E-state index in [0.29, 0.717) is 17.5 Å². The first-order valence-electron chi connectivity index (χ1n) is 12.7. The van der Waals surface area contributed by atoms with Gasteiger partial charge in [-0.2, -0.15) is 13.2 Å². The van der Waals surface area contributed by atoms with Crippen molar-refractivity contribution in [3.05, 3.63) is 95.1 Å². The van der Waals surface area contributed by atoms with Crippen LogP contribution in [0.3, 0.4) is 0 Å². The van der Waals surface area contributed by atoms with Crippen LogP contribution < -0.4 is 15.4 Å². The van der Waals surface area contributed by atoms with Gasteiger partial charge in [-0.25, -0.2) is 8.42 Å². The third kappa shape index (κ3) is 10.1. The lowest BCUT2D eigenvalue weighted by Crippen LogP contribution is -2.43. The normalized spacial score (nSPS) is 13.8. The standard InChI is InChI=1S/C29H34F3N3O5S/c1-28(2,33-18-25(37)22-12-13-24(36)23(16-22)35-41(3,39)40)17-20-9-7-8-19(14-20)15-26(38)34-27(29(30,31)32)21-10-5-4-6-11-21/h4-14,16,25,27,33,35-37H,15,17-18H2,1-3H3,(H,34,38)/t25-,27?/m0/s1. The number of sulfonamides is 1. The number of phenolic OH excluding ortho intramolecular Hbond substituents is 1.